The summed E-state index contributed by atoms with van der Waals surface area (Å²) < 4.78 is 0. The second-order valence-electron chi connectivity index (χ2n) is 3.02. The number of unbranched alkanes of at least 4 members (excludes halogenated alkanes) is 1. The van der Waals surface area contributed by atoms with Gasteiger partial charge in [-0.1, -0.05) is 13.3 Å². The van der Waals surface area contributed by atoms with E-state index in [0.717, 1.165) is 12.2 Å². The minimum absolute atomic E-state index is 0.333. The number of rotatable bonds is 5. The lowest BCUT2D eigenvalue weighted by atomic mass is 10.4. The van der Waals surface area contributed by atoms with E-state index in [4.69, 9.17) is 0 Å². The molecule has 0 amide bonds. The number of hydrogen-bond acceptors (Lipinski definition) is 3. The van der Waals surface area contributed by atoms with Crippen molar-refractivity contribution in [3.8, 4) is 0 Å². The quantitative estimate of drug-likeness (QED) is 0.721. The Morgan fingerprint density at radius 3 is 2.79 bits per heavy atom. The topological polar surface area (TPSA) is 65.7 Å². The maximum absolute atomic E-state index is 10.9. The minimum Gasteiger partial charge on any atom is -0.310 e. The molecule has 14 heavy (non-hydrogen) atoms. The van der Waals surface area contributed by atoms with E-state index in [1.807, 2.05) is 0 Å². The Bertz CT molecular complexity index is 355. The Balaban J connectivity index is 2.51. The second-order valence-corrected chi connectivity index (χ2v) is 4.12. The van der Waals surface area contributed by atoms with Crippen LogP contribution in [0.2, 0.25) is 0 Å². The summed E-state index contributed by atoms with van der Waals surface area (Å²) in [6.45, 7) is 2.13. The van der Waals surface area contributed by atoms with E-state index in [1.54, 1.807) is 11.8 Å². The number of nitrogens with one attached hydrogen (secondary N) is 2. The number of aromatic nitrogens is 2. The SMILES string of the molecule is CCCCSCc1cc(=O)[nH]c(=O)[nH]1. The van der Waals surface area contributed by atoms with Crippen molar-refractivity contribution >= 4 is 11.8 Å². The van der Waals surface area contributed by atoms with E-state index in [0.29, 0.717) is 11.4 Å². The van der Waals surface area contributed by atoms with Gasteiger partial charge in [0.1, 0.15) is 0 Å². The molecule has 5 heteroatoms. The van der Waals surface area contributed by atoms with E-state index < -0.39 is 5.69 Å². The minimum atomic E-state index is -0.427. The van der Waals surface area contributed by atoms with Crippen molar-refractivity contribution in [1.29, 1.82) is 0 Å². The predicted molar refractivity (Wildman–Crippen MR) is 58.8 cm³/mol. The summed E-state index contributed by atoms with van der Waals surface area (Å²) in [6.07, 6.45) is 2.33. The molecule has 2 N–H and O–H groups in total. The van der Waals surface area contributed by atoms with Crippen molar-refractivity contribution < 1.29 is 0 Å². The van der Waals surface area contributed by atoms with Gasteiger partial charge in [0.15, 0.2) is 0 Å². The number of H-pyrrole nitrogens is 2. The first-order valence-corrected chi connectivity index (χ1v) is 5.78. The highest BCUT2D eigenvalue weighted by molar-refractivity contribution is 7.98. The second kappa shape index (κ2) is 5.70. The normalized spacial score (nSPS) is 10.4. The van der Waals surface area contributed by atoms with E-state index >= 15 is 0 Å². The molecule has 78 valence electrons. The Morgan fingerprint density at radius 1 is 1.36 bits per heavy atom. The van der Waals surface area contributed by atoms with Crippen molar-refractivity contribution in [3.05, 3.63) is 32.6 Å². The Kier molecular flexibility index (Phi) is 4.52. The van der Waals surface area contributed by atoms with Gasteiger partial charge in [0.2, 0.25) is 0 Å². The lowest BCUT2D eigenvalue weighted by Gasteiger charge is -1.99. The zero-order valence-electron chi connectivity index (χ0n) is 8.13. The van der Waals surface area contributed by atoms with Crippen LogP contribution in [0.15, 0.2) is 15.7 Å². The zero-order valence-corrected chi connectivity index (χ0v) is 8.95. The average Bonchev–Trinajstić information content (AvgIpc) is 2.11. The van der Waals surface area contributed by atoms with Gasteiger partial charge in [-0.15, -0.1) is 0 Å². The van der Waals surface area contributed by atoms with Crippen molar-refractivity contribution in [3.63, 3.8) is 0 Å². The van der Waals surface area contributed by atoms with Crippen LogP contribution in [0.5, 0.6) is 0 Å². The van der Waals surface area contributed by atoms with Crippen molar-refractivity contribution in [2.45, 2.75) is 25.5 Å². The lowest BCUT2D eigenvalue weighted by molar-refractivity contribution is 0.895. The van der Waals surface area contributed by atoms with Gasteiger partial charge in [-0.25, -0.2) is 4.79 Å². The molecule has 0 aromatic carbocycles. The molecule has 1 heterocycles. The molecule has 1 aromatic rings. The third kappa shape index (κ3) is 3.83. The molecule has 1 rings (SSSR count). The van der Waals surface area contributed by atoms with E-state index in [-0.39, 0.29) is 5.56 Å². The predicted octanol–water partition coefficient (Wildman–Crippen LogP) is 1.10. The molecule has 0 radical (unpaired) electrons. The highest BCUT2D eigenvalue weighted by atomic mass is 32.2. The van der Waals surface area contributed by atoms with Crippen LogP contribution >= 0.6 is 11.8 Å². The first kappa shape index (κ1) is 11.1. The lowest BCUT2D eigenvalue weighted by Crippen LogP contribution is -2.22. The largest absolute Gasteiger partial charge is 0.325 e. The fourth-order valence-corrected chi connectivity index (χ4v) is 2.04. The molecule has 0 atom stereocenters. The molecular weight excluding hydrogens is 200 g/mol. The van der Waals surface area contributed by atoms with E-state index in [2.05, 4.69) is 16.9 Å². The van der Waals surface area contributed by atoms with Crippen LogP contribution in [0.3, 0.4) is 0 Å². The van der Waals surface area contributed by atoms with Gasteiger partial charge >= 0.3 is 5.69 Å². The van der Waals surface area contributed by atoms with Crippen molar-refractivity contribution in [1.82, 2.24) is 9.97 Å². The summed E-state index contributed by atoms with van der Waals surface area (Å²) in [5.41, 5.74) is -0.0664. The molecular formula is C9H14N2O2S. The molecule has 0 aliphatic heterocycles. The number of hydrogen-bond donors (Lipinski definition) is 2. The highest BCUT2D eigenvalue weighted by Gasteiger charge is 1.96. The van der Waals surface area contributed by atoms with Gasteiger partial charge in [-0.3, -0.25) is 9.78 Å². The van der Waals surface area contributed by atoms with Gasteiger partial charge in [0.25, 0.3) is 5.56 Å². The standard InChI is InChI=1S/C9H14N2O2S/c1-2-3-4-14-6-7-5-8(12)11-9(13)10-7/h5H,2-4,6H2,1H3,(H2,10,11,12,13). The number of thioether (sulfide) groups is 1. The Morgan fingerprint density at radius 2 is 2.14 bits per heavy atom. The molecule has 0 aliphatic rings. The summed E-state index contributed by atoms with van der Waals surface area (Å²) in [4.78, 5) is 26.5. The molecule has 4 nitrogen and oxygen atoms in total. The number of aromatic amines is 2. The van der Waals surface area contributed by atoms with Gasteiger partial charge < -0.3 is 4.98 Å². The summed E-state index contributed by atoms with van der Waals surface area (Å²) in [6, 6.07) is 1.43. The monoisotopic (exact) mass is 214 g/mol. The van der Waals surface area contributed by atoms with Crippen molar-refractivity contribution in [2.75, 3.05) is 5.75 Å². The molecule has 0 saturated carbocycles. The molecule has 0 fully saturated rings. The highest BCUT2D eigenvalue weighted by Crippen LogP contribution is 2.09. The third-order valence-electron chi connectivity index (χ3n) is 1.72. The Labute approximate surface area is 86.1 Å². The van der Waals surface area contributed by atoms with Crippen LogP contribution in [-0.2, 0) is 5.75 Å². The summed E-state index contributed by atoms with van der Waals surface area (Å²) >= 11 is 1.73. The van der Waals surface area contributed by atoms with E-state index in [1.165, 1.54) is 12.5 Å². The summed E-state index contributed by atoms with van der Waals surface area (Å²) in [7, 11) is 0. The Hall–Kier alpha value is -0.970. The smallest absolute Gasteiger partial charge is 0.310 e. The molecule has 0 aliphatic carbocycles. The molecule has 0 unspecified atom stereocenters. The van der Waals surface area contributed by atoms with E-state index in [9.17, 15) is 9.59 Å². The van der Waals surface area contributed by atoms with Crippen LogP contribution in [0.1, 0.15) is 25.5 Å². The fourth-order valence-electron chi connectivity index (χ4n) is 1.03. The van der Waals surface area contributed by atoms with Crippen LogP contribution < -0.4 is 11.2 Å². The van der Waals surface area contributed by atoms with Crippen LogP contribution in [0.4, 0.5) is 0 Å². The zero-order chi connectivity index (χ0) is 10.4. The first-order chi connectivity index (χ1) is 6.72. The average molecular weight is 214 g/mol. The molecule has 1 aromatic heterocycles. The summed E-state index contributed by atoms with van der Waals surface area (Å²) in [5, 5.41) is 0. The fraction of sp³-hybridized carbons (Fsp3) is 0.556. The maximum atomic E-state index is 10.9. The van der Waals surface area contributed by atoms with Gasteiger partial charge in [-0.05, 0) is 12.2 Å². The van der Waals surface area contributed by atoms with Gasteiger partial charge in [0, 0.05) is 17.5 Å². The summed E-state index contributed by atoms with van der Waals surface area (Å²) in [5.74, 6) is 1.75. The maximum Gasteiger partial charge on any atom is 0.325 e. The first-order valence-electron chi connectivity index (χ1n) is 4.62. The van der Waals surface area contributed by atoms with Gasteiger partial charge in [-0.2, -0.15) is 11.8 Å². The van der Waals surface area contributed by atoms with Gasteiger partial charge in [0.05, 0.1) is 0 Å². The third-order valence-corrected chi connectivity index (χ3v) is 2.81. The molecule has 0 saturated heterocycles. The van der Waals surface area contributed by atoms with Crippen molar-refractivity contribution in [2.24, 2.45) is 0 Å². The van der Waals surface area contributed by atoms with Crippen LogP contribution in [0.25, 0.3) is 0 Å². The van der Waals surface area contributed by atoms with Crippen LogP contribution in [-0.4, -0.2) is 15.7 Å². The van der Waals surface area contributed by atoms with Crippen LogP contribution in [0, 0.1) is 0 Å². The molecule has 0 spiro atoms. The molecule has 0 bridgehead atoms.